The molecule has 2 N–H and O–H groups in total. The lowest BCUT2D eigenvalue weighted by atomic mass is 10.00. The third kappa shape index (κ3) is 11.4. The summed E-state index contributed by atoms with van der Waals surface area (Å²) in [6, 6.07) is -5.22. The summed E-state index contributed by atoms with van der Waals surface area (Å²) in [5.41, 5.74) is -0.386. The highest BCUT2D eigenvalue weighted by atomic mass is 35.8. The van der Waals surface area contributed by atoms with Gasteiger partial charge in [0, 0.05) is 11.1 Å². The van der Waals surface area contributed by atoms with Gasteiger partial charge in [-0.15, -0.1) is 66.5 Å². The summed E-state index contributed by atoms with van der Waals surface area (Å²) >= 11 is 34.3. The molecule has 0 heterocycles. The van der Waals surface area contributed by atoms with Crippen LogP contribution in [-0.2, 0) is 9.59 Å². The minimum absolute atomic E-state index is 0.0169. The number of halogens is 6. The largest absolute Gasteiger partial charge is 0.478 e. The van der Waals surface area contributed by atoms with Crippen LogP contribution in [0.5, 0.6) is 0 Å². The van der Waals surface area contributed by atoms with Gasteiger partial charge in [-0.25, -0.2) is 9.59 Å². The lowest BCUT2D eigenvalue weighted by molar-refractivity contribution is -0.136. The van der Waals surface area contributed by atoms with Crippen molar-refractivity contribution >= 4 is 90.4 Å². The predicted molar refractivity (Wildman–Crippen MR) is 97.0 cm³/mol. The molecule has 0 spiro atoms. The Morgan fingerprint density at radius 3 is 1.14 bits per heavy atom. The molecular formula is C10H14Cl6O4Si2. The zero-order chi connectivity index (χ0) is 17.6. The van der Waals surface area contributed by atoms with Crippen LogP contribution in [0.4, 0.5) is 0 Å². The fourth-order valence-corrected chi connectivity index (χ4v) is 5.27. The summed E-state index contributed by atoms with van der Waals surface area (Å²) in [4.78, 5) is 22.6. The van der Waals surface area contributed by atoms with E-state index in [0.29, 0.717) is 12.8 Å². The number of rotatable bonds is 10. The van der Waals surface area contributed by atoms with E-state index in [2.05, 4.69) is 0 Å². The van der Waals surface area contributed by atoms with Crippen molar-refractivity contribution in [3.8, 4) is 0 Å². The zero-order valence-electron chi connectivity index (χ0n) is 11.2. The van der Waals surface area contributed by atoms with Crippen molar-refractivity contribution in [2.75, 3.05) is 0 Å². The van der Waals surface area contributed by atoms with E-state index < -0.39 is 23.9 Å². The summed E-state index contributed by atoms with van der Waals surface area (Å²) in [5, 5.41) is 18.4. The average Bonchev–Trinajstić information content (AvgIpc) is 2.27. The molecule has 0 aliphatic heterocycles. The van der Waals surface area contributed by atoms with E-state index in [1.54, 1.807) is 0 Å². The van der Waals surface area contributed by atoms with Gasteiger partial charge in [0.2, 0.25) is 0 Å². The first-order valence-electron chi connectivity index (χ1n) is 6.15. The van der Waals surface area contributed by atoms with Gasteiger partial charge in [0.25, 0.3) is 0 Å². The maximum Gasteiger partial charge on any atom is 0.341 e. The first-order valence-corrected chi connectivity index (χ1v) is 16.6. The minimum Gasteiger partial charge on any atom is -0.478 e. The second-order valence-electron chi connectivity index (χ2n) is 4.50. The first-order chi connectivity index (χ1) is 9.83. The van der Waals surface area contributed by atoms with Gasteiger partial charge in [-0.05, 0) is 37.8 Å². The molecular weight excluding hydrogens is 453 g/mol. The number of carbonyl (C=O) groups is 2. The van der Waals surface area contributed by atoms with E-state index in [4.69, 9.17) is 66.5 Å². The minimum atomic E-state index is -2.86. The van der Waals surface area contributed by atoms with Gasteiger partial charge >= 0.3 is 23.9 Å². The van der Waals surface area contributed by atoms with Crippen molar-refractivity contribution in [1.82, 2.24) is 0 Å². The standard InChI is InChI=1S/C10H14Cl6O4Si2/c11-21(12,13)5-1-3-7(9(17)18)8(10(19)20)4-2-6-22(14,15)16/h1-6H2,(H,17,18)(H,19,20). The molecule has 0 bridgehead atoms. The van der Waals surface area contributed by atoms with Gasteiger partial charge in [0.1, 0.15) is 0 Å². The van der Waals surface area contributed by atoms with Crippen molar-refractivity contribution < 1.29 is 19.8 Å². The second kappa shape index (κ2) is 9.98. The van der Waals surface area contributed by atoms with Crippen LogP contribution < -0.4 is 0 Å². The normalized spacial score (nSPS) is 13.7. The van der Waals surface area contributed by atoms with E-state index >= 15 is 0 Å². The third-order valence-corrected chi connectivity index (χ3v) is 7.90. The van der Waals surface area contributed by atoms with Crippen LogP contribution in [0.25, 0.3) is 0 Å². The molecule has 128 valence electrons. The van der Waals surface area contributed by atoms with Crippen LogP contribution in [0.15, 0.2) is 11.1 Å². The lowest BCUT2D eigenvalue weighted by Gasteiger charge is -2.12. The van der Waals surface area contributed by atoms with Gasteiger partial charge in [-0.1, -0.05) is 0 Å². The van der Waals surface area contributed by atoms with E-state index in [0.717, 1.165) is 0 Å². The van der Waals surface area contributed by atoms with Crippen LogP contribution in [0.1, 0.15) is 25.7 Å². The van der Waals surface area contributed by atoms with Crippen molar-refractivity contribution in [1.29, 1.82) is 0 Å². The number of hydrogen-bond acceptors (Lipinski definition) is 2. The molecule has 4 nitrogen and oxygen atoms in total. The maximum atomic E-state index is 11.3. The Balaban J connectivity index is 4.98. The summed E-state index contributed by atoms with van der Waals surface area (Å²) in [5.74, 6) is -2.59. The van der Waals surface area contributed by atoms with Gasteiger partial charge in [0.05, 0.1) is 0 Å². The summed E-state index contributed by atoms with van der Waals surface area (Å²) in [6.45, 7) is 0. The summed E-state index contributed by atoms with van der Waals surface area (Å²) in [7, 11) is 0. The average molecular weight is 467 g/mol. The SMILES string of the molecule is O=C(O)C(CCC[Si](Cl)(Cl)Cl)=C(CCC[Si](Cl)(Cl)Cl)C(=O)O. The highest BCUT2D eigenvalue weighted by molar-refractivity contribution is 7.65. The molecule has 0 rings (SSSR count). The quantitative estimate of drug-likeness (QED) is 0.259. The molecule has 0 amide bonds. The molecule has 0 aromatic rings. The Morgan fingerprint density at radius 2 is 0.955 bits per heavy atom. The third-order valence-electron chi connectivity index (χ3n) is 2.65. The number of aliphatic carboxylic acids is 2. The number of hydrogen-bond donors (Lipinski definition) is 2. The molecule has 12 heteroatoms. The Bertz CT molecular complexity index is 404. The van der Waals surface area contributed by atoms with Crippen LogP contribution >= 0.6 is 66.5 Å². The molecule has 0 aliphatic carbocycles. The van der Waals surface area contributed by atoms with Gasteiger partial charge in [-0.2, -0.15) is 0 Å². The number of carboxylic acids is 2. The summed E-state index contributed by atoms with van der Waals surface area (Å²) in [6.07, 6.45) is 0.618. The summed E-state index contributed by atoms with van der Waals surface area (Å²) < 4.78 is 0. The molecule has 0 aliphatic rings. The molecule has 0 aromatic carbocycles. The van der Waals surface area contributed by atoms with Crippen LogP contribution in [0.2, 0.25) is 12.1 Å². The lowest BCUT2D eigenvalue weighted by Crippen LogP contribution is -2.15. The second-order valence-corrected chi connectivity index (χ2v) is 23.1. The Morgan fingerprint density at radius 1 is 0.682 bits per heavy atom. The van der Waals surface area contributed by atoms with Crippen LogP contribution in [-0.4, -0.2) is 34.2 Å². The first kappa shape index (κ1) is 22.9. The zero-order valence-corrected chi connectivity index (χ0v) is 17.8. The monoisotopic (exact) mass is 464 g/mol. The van der Waals surface area contributed by atoms with E-state index in [1.165, 1.54) is 0 Å². The van der Waals surface area contributed by atoms with Crippen molar-refractivity contribution in [2.24, 2.45) is 0 Å². The fraction of sp³-hybridized carbons (Fsp3) is 0.600. The Kier molecular flexibility index (Phi) is 10.4. The molecule has 0 fully saturated rings. The van der Waals surface area contributed by atoms with Gasteiger partial charge in [-0.3, -0.25) is 0 Å². The van der Waals surface area contributed by atoms with Crippen LogP contribution in [0.3, 0.4) is 0 Å². The molecule has 22 heavy (non-hydrogen) atoms. The molecule has 0 aromatic heterocycles. The van der Waals surface area contributed by atoms with Crippen molar-refractivity contribution in [3.63, 3.8) is 0 Å². The molecule has 0 saturated carbocycles. The molecule has 0 atom stereocenters. The highest BCUT2D eigenvalue weighted by Crippen LogP contribution is 2.31. The van der Waals surface area contributed by atoms with Crippen LogP contribution in [0, 0.1) is 0 Å². The topological polar surface area (TPSA) is 74.6 Å². The molecule has 0 radical (unpaired) electrons. The van der Waals surface area contributed by atoms with E-state index in [1.807, 2.05) is 0 Å². The smallest absolute Gasteiger partial charge is 0.341 e. The van der Waals surface area contributed by atoms with Gasteiger partial charge < -0.3 is 10.2 Å². The molecule has 0 saturated heterocycles. The van der Waals surface area contributed by atoms with E-state index in [9.17, 15) is 19.8 Å². The van der Waals surface area contributed by atoms with Crippen molar-refractivity contribution in [3.05, 3.63) is 11.1 Å². The predicted octanol–water partition coefficient (Wildman–Crippen LogP) is 5.32. The van der Waals surface area contributed by atoms with Crippen molar-refractivity contribution in [2.45, 2.75) is 37.8 Å². The Labute approximate surface area is 158 Å². The fourth-order valence-electron chi connectivity index (χ4n) is 1.71. The number of carboxylic acid groups (broad SMARTS) is 2. The van der Waals surface area contributed by atoms with E-state index in [-0.39, 0.29) is 36.1 Å². The van der Waals surface area contributed by atoms with Gasteiger partial charge in [0.15, 0.2) is 0 Å². The maximum absolute atomic E-state index is 11.3. The highest BCUT2D eigenvalue weighted by Gasteiger charge is 2.28. The Hall–Kier alpha value is 0.854. The molecule has 0 unspecified atom stereocenters.